The number of aromatic nitrogens is 5. The van der Waals surface area contributed by atoms with Crippen molar-refractivity contribution in [1.29, 1.82) is 0 Å². The van der Waals surface area contributed by atoms with E-state index < -0.39 is 0 Å². The van der Waals surface area contributed by atoms with E-state index in [1.54, 1.807) is 29.3 Å². The molecule has 3 aromatic heterocycles. The van der Waals surface area contributed by atoms with E-state index in [0.717, 1.165) is 48.5 Å². The summed E-state index contributed by atoms with van der Waals surface area (Å²) in [6.07, 6.45) is 9.06. The van der Waals surface area contributed by atoms with Gasteiger partial charge in [0.2, 0.25) is 0 Å². The summed E-state index contributed by atoms with van der Waals surface area (Å²) in [5.41, 5.74) is 9.52. The molecule has 1 unspecified atom stereocenters. The number of hydrogen-bond acceptors (Lipinski definition) is 6. The van der Waals surface area contributed by atoms with Crippen molar-refractivity contribution < 1.29 is 0 Å². The molecule has 112 valence electrons. The lowest BCUT2D eigenvalue weighted by atomic mass is 9.96. The van der Waals surface area contributed by atoms with Crippen LogP contribution in [0.15, 0.2) is 30.9 Å². The highest BCUT2D eigenvalue weighted by molar-refractivity contribution is 5.75. The Morgan fingerprint density at radius 3 is 3.00 bits per heavy atom. The van der Waals surface area contributed by atoms with Gasteiger partial charge >= 0.3 is 0 Å². The lowest BCUT2D eigenvalue weighted by molar-refractivity contribution is 0.455. The molecule has 3 N–H and O–H groups in total. The Kier molecular flexibility index (Phi) is 3.19. The molecule has 22 heavy (non-hydrogen) atoms. The molecule has 1 fully saturated rings. The van der Waals surface area contributed by atoms with Gasteiger partial charge in [0, 0.05) is 30.9 Å². The standard InChI is InChI=1S/C15H17N7/c16-14-6-12(10-2-1-3-17-7-10)21-15-11(8-20-22(14)15)13-9-18-4-5-19-13/h4-6,8-10,17H,1-3,7,16H2. The van der Waals surface area contributed by atoms with Crippen LogP contribution in [0.5, 0.6) is 0 Å². The van der Waals surface area contributed by atoms with Gasteiger partial charge in [-0.3, -0.25) is 9.97 Å². The highest BCUT2D eigenvalue weighted by Gasteiger charge is 2.20. The number of nitrogens with two attached hydrogens (primary N) is 1. The second kappa shape index (κ2) is 5.34. The molecule has 0 bridgehead atoms. The zero-order valence-corrected chi connectivity index (χ0v) is 12.1. The molecule has 3 aromatic rings. The largest absolute Gasteiger partial charge is 0.384 e. The van der Waals surface area contributed by atoms with Crippen LogP contribution in [0.25, 0.3) is 16.9 Å². The van der Waals surface area contributed by atoms with Gasteiger partial charge in [0.15, 0.2) is 5.65 Å². The first-order valence-electron chi connectivity index (χ1n) is 7.44. The van der Waals surface area contributed by atoms with E-state index in [1.807, 2.05) is 6.07 Å². The van der Waals surface area contributed by atoms with Crippen molar-refractivity contribution in [3.63, 3.8) is 0 Å². The van der Waals surface area contributed by atoms with Crippen LogP contribution in [-0.2, 0) is 0 Å². The maximum absolute atomic E-state index is 6.16. The fourth-order valence-corrected chi connectivity index (χ4v) is 2.94. The fourth-order valence-electron chi connectivity index (χ4n) is 2.94. The average Bonchev–Trinajstić information content (AvgIpc) is 3.01. The van der Waals surface area contributed by atoms with Crippen LogP contribution < -0.4 is 11.1 Å². The number of nitrogens with one attached hydrogen (secondary N) is 1. The number of hydrogen-bond donors (Lipinski definition) is 2. The third-order valence-electron chi connectivity index (χ3n) is 4.07. The van der Waals surface area contributed by atoms with Crippen LogP contribution in [-0.4, -0.2) is 37.7 Å². The summed E-state index contributed by atoms with van der Waals surface area (Å²) in [6, 6.07) is 1.93. The molecule has 1 aliphatic heterocycles. The monoisotopic (exact) mass is 295 g/mol. The Hall–Kier alpha value is -2.54. The minimum Gasteiger partial charge on any atom is -0.384 e. The van der Waals surface area contributed by atoms with Crippen LogP contribution >= 0.6 is 0 Å². The summed E-state index contributed by atoms with van der Waals surface area (Å²) >= 11 is 0. The molecule has 4 heterocycles. The maximum atomic E-state index is 6.16. The van der Waals surface area contributed by atoms with Crippen LogP contribution in [0, 0.1) is 0 Å². The Bertz CT molecular complexity index is 790. The summed E-state index contributed by atoms with van der Waals surface area (Å²) in [5, 5.41) is 7.74. The minimum atomic E-state index is 0.394. The molecule has 0 amide bonds. The van der Waals surface area contributed by atoms with Crippen molar-refractivity contribution in [3.8, 4) is 11.3 Å². The van der Waals surface area contributed by atoms with E-state index in [4.69, 9.17) is 10.7 Å². The van der Waals surface area contributed by atoms with E-state index in [9.17, 15) is 0 Å². The summed E-state index contributed by atoms with van der Waals surface area (Å²) in [5.74, 6) is 0.992. The molecule has 0 aromatic carbocycles. The molecule has 7 heteroatoms. The third kappa shape index (κ3) is 2.19. The second-order valence-electron chi connectivity index (χ2n) is 5.53. The highest BCUT2D eigenvalue weighted by atomic mass is 15.3. The Morgan fingerprint density at radius 2 is 2.23 bits per heavy atom. The minimum absolute atomic E-state index is 0.394. The predicted octanol–water partition coefficient (Wildman–Crippen LogP) is 1.24. The van der Waals surface area contributed by atoms with E-state index in [1.165, 1.54) is 0 Å². The first-order valence-corrected chi connectivity index (χ1v) is 7.44. The van der Waals surface area contributed by atoms with Gasteiger partial charge in [-0.15, -0.1) is 0 Å². The SMILES string of the molecule is Nc1cc(C2CCCNC2)nc2c(-c3cnccn3)cnn12. The number of nitrogens with zero attached hydrogens (tertiary/aromatic N) is 5. The molecule has 4 rings (SSSR count). The van der Waals surface area contributed by atoms with Gasteiger partial charge in [0.1, 0.15) is 5.82 Å². The van der Waals surface area contributed by atoms with Crippen molar-refractivity contribution >= 4 is 11.5 Å². The van der Waals surface area contributed by atoms with Crippen molar-refractivity contribution in [2.24, 2.45) is 0 Å². The summed E-state index contributed by atoms with van der Waals surface area (Å²) < 4.78 is 1.66. The molecule has 0 aliphatic carbocycles. The zero-order valence-electron chi connectivity index (χ0n) is 12.1. The third-order valence-corrected chi connectivity index (χ3v) is 4.07. The molecule has 7 nitrogen and oxygen atoms in total. The molecule has 1 aliphatic rings. The van der Waals surface area contributed by atoms with E-state index >= 15 is 0 Å². The lowest BCUT2D eigenvalue weighted by Crippen LogP contribution is -2.29. The smallest absolute Gasteiger partial charge is 0.167 e. The zero-order chi connectivity index (χ0) is 14.9. The van der Waals surface area contributed by atoms with E-state index in [2.05, 4.69) is 20.4 Å². The molecular formula is C15H17N7. The van der Waals surface area contributed by atoms with Crippen molar-refractivity contribution in [1.82, 2.24) is 29.9 Å². The maximum Gasteiger partial charge on any atom is 0.167 e. The van der Waals surface area contributed by atoms with Crippen LogP contribution in [0.4, 0.5) is 5.82 Å². The Morgan fingerprint density at radius 1 is 1.27 bits per heavy atom. The Balaban J connectivity index is 1.84. The normalized spacial score (nSPS) is 18.6. The van der Waals surface area contributed by atoms with Gasteiger partial charge in [-0.2, -0.15) is 9.61 Å². The molecule has 0 radical (unpaired) electrons. The fraction of sp³-hybridized carbons (Fsp3) is 0.333. The van der Waals surface area contributed by atoms with Crippen molar-refractivity contribution in [2.45, 2.75) is 18.8 Å². The number of fused-ring (bicyclic) bond motifs is 1. The number of nitrogen functional groups attached to an aromatic ring is 1. The molecule has 0 spiro atoms. The highest BCUT2D eigenvalue weighted by Crippen LogP contribution is 2.27. The van der Waals surface area contributed by atoms with Crippen LogP contribution in [0.3, 0.4) is 0 Å². The summed E-state index contributed by atoms with van der Waals surface area (Å²) in [7, 11) is 0. The van der Waals surface area contributed by atoms with Gasteiger partial charge in [0.05, 0.1) is 29.3 Å². The molecule has 1 saturated heterocycles. The van der Waals surface area contributed by atoms with E-state index in [-0.39, 0.29) is 0 Å². The van der Waals surface area contributed by atoms with Crippen molar-refractivity contribution in [2.75, 3.05) is 18.8 Å². The quantitative estimate of drug-likeness (QED) is 0.738. The number of rotatable bonds is 2. The molecule has 0 saturated carbocycles. The van der Waals surface area contributed by atoms with Gasteiger partial charge in [-0.05, 0) is 19.4 Å². The average molecular weight is 295 g/mol. The van der Waals surface area contributed by atoms with Gasteiger partial charge in [0.25, 0.3) is 0 Å². The first kappa shape index (κ1) is 13.1. The first-order chi connectivity index (χ1) is 10.8. The Labute approximate surface area is 127 Å². The van der Waals surface area contributed by atoms with Gasteiger partial charge in [-0.25, -0.2) is 4.98 Å². The molecular weight excluding hydrogens is 278 g/mol. The van der Waals surface area contributed by atoms with Gasteiger partial charge in [-0.1, -0.05) is 0 Å². The summed E-state index contributed by atoms with van der Waals surface area (Å²) in [6.45, 7) is 2.02. The molecule has 1 atom stereocenters. The topological polar surface area (TPSA) is 94.0 Å². The predicted molar refractivity (Wildman–Crippen MR) is 83.3 cm³/mol. The van der Waals surface area contributed by atoms with Crippen molar-refractivity contribution in [3.05, 3.63) is 36.5 Å². The lowest BCUT2D eigenvalue weighted by Gasteiger charge is -2.22. The van der Waals surface area contributed by atoms with E-state index in [0.29, 0.717) is 11.7 Å². The summed E-state index contributed by atoms with van der Waals surface area (Å²) in [4.78, 5) is 13.3. The second-order valence-corrected chi connectivity index (χ2v) is 5.53. The van der Waals surface area contributed by atoms with Gasteiger partial charge < -0.3 is 11.1 Å². The van der Waals surface area contributed by atoms with Crippen LogP contribution in [0.1, 0.15) is 24.5 Å². The van der Waals surface area contributed by atoms with Crippen LogP contribution in [0.2, 0.25) is 0 Å². The number of piperidine rings is 1. The number of anilines is 1.